The van der Waals surface area contributed by atoms with Crippen molar-refractivity contribution in [2.24, 2.45) is 17.3 Å². The first-order chi connectivity index (χ1) is 19.3. The van der Waals surface area contributed by atoms with Gasteiger partial charge in [0.2, 0.25) is 0 Å². The number of hydrogen-bond donors (Lipinski definition) is 0. The lowest BCUT2D eigenvalue weighted by Gasteiger charge is -2.40. The first-order valence-corrected chi connectivity index (χ1v) is 16.3. The first-order valence-electron chi connectivity index (χ1n) is 16.3. The molecule has 0 saturated carbocycles. The average Bonchev–Trinajstić information content (AvgIpc) is 2.92. The molecule has 0 heterocycles. The van der Waals surface area contributed by atoms with E-state index in [0.29, 0.717) is 11.8 Å². The summed E-state index contributed by atoms with van der Waals surface area (Å²) in [5.74, 6) is 1.04. The number of hydrogen-bond acceptors (Lipinski definition) is 0. The van der Waals surface area contributed by atoms with Crippen LogP contribution in [0.1, 0.15) is 126 Å². The monoisotopic (exact) mass is 545 g/mol. The molecule has 0 aromatic heterocycles. The van der Waals surface area contributed by atoms with Gasteiger partial charge in [-0.15, -0.1) is 6.58 Å². The summed E-state index contributed by atoms with van der Waals surface area (Å²) in [7, 11) is 0. The standard InChI is InChI=1S/C40H64/c1-10-15-19-22-28-37(29-25-27-35(6)7)39(31-23-20-16-11-2)40(33-24-18-13-4,34-32-36(8)9)38(26-14-5)30-21-17-12-3/h13,15,18-19,21-25,28-31,33,35,38H,8,10-12,14,16-17,20,26-27,32,34H2,1-7,9H3. The van der Waals surface area contributed by atoms with Gasteiger partial charge in [-0.2, -0.15) is 0 Å². The molecule has 0 radical (unpaired) electrons. The molecule has 0 N–H and O–H groups in total. The summed E-state index contributed by atoms with van der Waals surface area (Å²) in [5, 5.41) is 0. The molecule has 0 aromatic rings. The molecule has 0 bridgehead atoms. The van der Waals surface area contributed by atoms with Gasteiger partial charge in [-0.25, -0.2) is 0 Å². The van der Waals surface area contributed by atoms with Gasteiger partial charge in [-0.3, -0.25) is 0 Å². The lowest BCUT2D eigenvalue weighted by molar-refractivity contribution is 0.296. The van der Waals surface area contributed by atoms with Gasteiger partial charge in [0.25, 0.3) is 0 Å². The summed E-state index contributed by atoms with van der Waals surface area (Å²) in [6.07, 6.45) is 45.2. The summed E-state index contributed by atoms with van der Waals surface area (Å²) in [4.78, 5) is 0. The van der Waals surface area contributed by atoms with Gasteiger partial charge in [0.1, 0.15) is 0 Å². The van der Waals surface area contributed by atoms with Gasteiger partial charge in [-0.1, -0.05) is 158 Å². The van der Waals surface area contributed by atoms with Crippen LogP contribution in [0.5, 0.6) is 0 Å². The largest absolute Gasteiger partial charge is 0.100 e. The van der Waals surface area contributed by atoms with Crippen LogP contribution in [-0.4, -0.2) is 0 Å². The summed E-state index contributed by atoms with van der Waals surface area (Å²) in [6.45, 7) is 22.3. The number of rotatable bonds is 22. The van der Waals surface area contributed by atoms with E-state index in [2.05, 4.69) is 147 Å². The van der Waals surface area contributed by atoms with E-state index in [1.165, 1.54) is 36.0 Å². The lowest BCUT2D eigenvalue weighted by atomic mass is 9.63. The van der Waals surface area contributed by atoms with Crippen LogP contribution < -0.4 is 0 Å². The molecule has 224 valence electrons. The minimum absolute atomic E-state index is 0.141. The third-order valence-electron chi connectivity index (χ3n) is 7.23. The molecule has 0 rings (SSSR count). The Hall–Kier alpha value is -2.34. The van der Waals surface area contributed by atoms with Gasteiger partial charge in [0.15, 0.2) is 0 Å². The van der Waals surface area contributed by atoms with Crippen molar-refractivity contribution in [1.29, 1.82) is 0 Å². The molecule has 0 aliphatic heterocycles. The zero-order valence-corrected chi connectivity index (χ0v) is 27.7. The van der Waals surface area contributed by atoms with Crippen LogP contribution >= 0.6 is 0 Å². The van der Waals surface area contributed by atoms with Crippen molar-refractivity contribution < 1.29 is 0 Å². The SMILES string of the molecule is C=C(C)CCC(C=CC=CC)(C(C=CCCCC)=C(C=CC=CCC)C=CCC(C)C)C(C=CCCC)CCC. The predicted molar refractivity (Wildman–Crippen MR) is 186 cm³/mol. The lowest BCUT2D eigenvalue weighted by Crippen LogP contribution is -2.31. The minimum atomic E-state index is -0.141. The Labute approximate surface area is 251 Å². The number of allylic oxidation sites excluding steroid dienone is 17. The zero-order valence-electron chi connectivity index (χ0n) is 27.7. The fraction of sp³-hybridized carbons (Fsp3) is 0.550. The number of unbranched alkanes of at least 4 members (excludes halogenated alkanes) is 3. The second-order valence-corrected chi connectivity index (χ2v) is 11.6. The van der Waals surface area contributed by atoms with E-state index in [-0.39, 0.29) is 5.41 Å². The van der Waals surface area contributed by atoms with Crippen LogP contribution in [0.3, 0.4) is 0 Å². The van der Waals surface area contributed by atoms with E-state index in [1.54, 1.807) is 0 Å². The Balaban J connectivity index is 7.78. The van der Waals surface area contributed by atoms with Gasteiger partial charge in [0, 0.05) is 5.41 Å². The molecule has 0 heteroatoms. The van der Waals surface area contributed by atoms with Crippen LogP contribution in [-0.2, 0) is 0 Å². The van der Waals surface area contributed by atoms with Gasteiger partial charge >= 0.3 is 0 Å². The fourth-order valence-corrected chi connectivity index (χ4v) is 4.96. The van der Waals surface area contributed by atoms with Crippen molar-refractivity contribution in [3.8, 4) is 0 Å². The second-order valence-electron chi connectivity index (χ2n) is 11.6. The van der Waals surface area contributed by atoms with E-state index < -0.39 is 0 Å². The maximum Gasteiger partial charge on any atom is 0.0206 e. The van der Waals surface area contributed by atoms with Crippen molar-refractivity contribution in [2.75, 3.05) is 0 Å². The molecule has 2 unspecified atom stereocenters. The van der Waals surface area contributed by atoms with E-state index in [1.807, 2.05) is 0 Å². The summed E-state index contributed by atoms with van der Waals surface area (Å²) in [5.41, 5.74) is 3.87. The first kappa shape index (κ1) is 37.7. The molecule has 0 aliphatic carbocycles. The highest BCUT2D eigenvalue weighted by molar-refractivity contribution is 5.48. The molecular weight excluding hydrogens is 480 g/mol. The van der Waals surface area contributed by atoms with Crippen molar-refractivity contribution in [2.45, 2.75) is 126 Å². The molecule has 0 fully saturated rings. The third kappa shape index (κ3) is 16.1. The van der Waals surface area contributed by atoms with Crippen LogP contribution in [0.4, 0.5) is 0 Å². The van der Waals surface area contributed by atoms with Crippen molar-refractivity contribution in [3.63, 3.8) is 0 Å². The van der Waals surface area contributed by atoms with Gasteiger partial charge in [0.05, 0.1) is 0 Å². The van der Waals surface area contributed by atoms with Crippen LogP contribution in [0.25, 0.3) is 0 Å². The van der Waals surface area contributed by atoms with Crippen molar-refractivity contribution >= 4 is 0 Å². The minimum Gasteiger partial charge on any atom is -0.100 e. The fourth-order valence-electron chi connectivity index (χ4n) is 4.96. The molecule has 2 atom stereocenters. The molecule has 0 saturated heterocycles. The van der Waals surface area contributed by atoms with Gasteiger partial charge < -0.3 is 0 Å². The molecule has 0 aromatic carbocycles. The maximum atomic E-state index is 4.34. The smallest absolute Gasteiger partial charge is 0.0206 e. The third-order valence-corrected chi connectivity index (χ3v) is 7.23. The molecule has 40 heavy (non-hydrogen) atoms. The topological polar surface area (TPSA) is 0 Å². The summed E-state index contributed by atoms with van der Waals surface area (Å²) in [6, 6.07) is 0. The molecule has 0 nitrogen and oxygen atoms in total. The van der Waals surface area contributed by atoms with Crippen molar-refractivity contribution in [1.82, 2.24) is 0 Å². The highest BCUT2D eigenvalue weighted by Crippen LogP contribution is 2.48. The Morgan fingerprint density at radius 2 is 1.57 bits per heavy atom. The highest BCUT2D eigenvalue weighted by Gasteiger charge is 2.37. The average molecular weight is 545 g/mol. The van der Waals surface area contributed by atoms with Crippen molar-refractivity contribution in [3.05, 3.63) is 108 Å². The second kappa shape index (κ2) is 24.5. The Morgan fingerprint density at radius 3 is 2.17 bits per heavy atom. The highest BCUT2D eigenvalue weighted by atomic mass is 14.4. The molecule has 0 aliphatic rings. The Bertz CT molecular complexity index is 892. The summed E-state index contributed by atoms with van der Waals surface area (Å²) >= 11 is 0. The normalized spacial score (nSPS) is 16.2. The van der Waals surface area contributed by atoms with E-state index in [4.69, 9.17) is 0 Å². The van der Waals surface area contributed by atoms with Crippen LogP contribution in [0.2, 0.25) is 0 Å². The quantitative estimate of drug-likeness (QED) is 0.0722. The molecular formula is C40H64. The predicted octanol–water partition coefficient (Wildman–Crippen LogP) is 13.4. The molecule has 0 amide bonds. The Kier molecular flexibility index (Phi) is 23.0. The van der Waals surface area contributed by atoms with E-state index >= 15 is 0 Å². The maximum absolute atomic E-state index is 4.34. The molecule has 0 spiro atoms. The van der Waals surface area contributed by atoms with Crippen LogP contribution in [0.15, 0.2) is 108 Å². The van der Waals surface area contributed by atoms with E-state index in [0.717, 1.165) is 51.4 Å². The Morgan fingerprint density at radius 1 is 0.800 bits per heavy atom. The zero-order chi connectivity index (χ0) is 30.1. The van der Waals surface area contributed by atoms with Crippen LogP contribution in [0, 0.1) is 17.3 Å². The van der Waals surface area contributed by atoms with Gasteiger partial charge in [-0.05, 0) is 81.8 Å². The van der Waals surface area contributed by atoms with E-state index in [9.17, 15) is 0 Å². The summed E-state index contributed by atoms with van der Waals surface area (Å²) < 4.78 is 0.